The Balaban J connectivity index is 3.26. The first-order valence-electron chi connectivity index (χ1n) is 5.28. The van der Waals surface area contributed by atoms with Crippen molar-refractivity contribution in [3.63, 3.8) is 0 Å². The Bertz CT molecular complexity index is 645. The fourth-order valence-corrected chi connectivity index (χ4v) is 2.33. The molecule has 110 valence electrons. The summed E-state index contributed by atoms with van der Waals surface area (Å²) in [5.41, 5.74) is -0.454. The van der Waals surface area contributed by atoms with Crippen LogP contribution in [0.5, 0.6) is 5.75 Å². The molecular formula is C10H11ClN2O6S. The quantitative estimate of drug-likeness (QED) is 0.492. The van der Waals surface area contributed by atoms with E-state index < -0.39 is 36.6 Å². The van der Waals surface area contributed by atoms with E-state index in [9.17, 15) is 23.3 Å². The van der Waals surface area contributed by atoms with Crippen LogP contribution in [0.25, 0.3) is 0 Å². The lowest BCUT2D eigenvalue weighted by atomic mass is 10.3. The molecule has 1 atom stereocenters. The van der Waals surface area contributed by atoms with E-state index in [0.717, 1.165) is 18.2 Å². The topological polar surface area (TPSA) is 116 Å². The Labute approximate surface area is 119 Å². The minimum absolute atomic E-state index is 0.235. The van der Waals surface area contributed by atoms with E-state index in [0.29, 0.717) is 0 Å². The molecule has 0 fully saturated rings. The molecule has 0 bridgehead atoms. The van der Waals surface area contributed by atoms with Crippen LogP contribution in [0.4, 0.5) is 5.69 Å². The highest BCUT2D eigenvalue weighted by Gasteiger charge is 2.24. The van der Waals surface area contributed by atoms with Crippen LogP contribution in [0.2, 0.25) is 0 Å². The lowest BCUT2D eigenvalue weighted by molar-refractivity contribution is -0.385. The molecule has 1 N–H and O–H groups in total. The summed E-state index contributed by atoms with van der Waals surface area (Å²) >= 11 is 0. The number of halogens is 1. The summed E-state index contributed by atoms with van der Waals surface area (Å²) < 4.78 is 28.0. The van der Waals surface area contributed by atoms with Gasteiger partial charge in [0, 0.05) is 29.9 Å². The molecule has 0 aromatic heterocycles. The monoisotopic (exact) mass is 322 g/mol. The van der Waals surface area contributed by atoms with Crippen molar-refractivity contribution in [2.24, 2.45) is 0 Å². The standard InChI is InChI=1S/C10H11ClN2O6S/c1-6(10(14)12-2)19-8-4-3-7(13(15)16)5-9(8)20(11,17)18/h3-6H,1-2H3,(H,12,14). The molecule has 8 nitrogen and oxygen atoms in total. The number of amides is 1. The minimum atomic E-state index is -4.26. The van der Waals surface area contributed by atoms with E-state index in [2.05, 4.69) is 5.32 Å². The van der Waals surface area contributed by atoms with Crippen LogP contribution in [0.3, 0.4) is 0 Å². The van der Waals surface area contributed by atoms with Gasteiger partial charge >= 0.3 is 0 Å². The second kappa shape index (κ2) is 6.06. The normalized spacial score (nSPS) is 12.6. The highest BCUT2D eigenvalue weighted by Crippen LogP contribution is 2.31. The molecule has 0 saturated carbocycles. The smallest absolute Gasteiger partial charge is 0.271 e. The van der Waals surface area contributed by atoms with Crippen LogP contribution < -0.4 is 10.1 Å². The first-order chi connectivity index (χ1) is 9.16. The Morgan fingerprint density at radius 3 is 2.55 bits per heavy atom. The second-order valence-corrected chi connectivity index (χ2v) is 6.23. The Hall–Kier alpha value is -1.87. The predicted octanol–water partition coefficient (Wildman–Crippen LogP) is 1.04. The van der Waals surface area contributed by atoms with E-state index in [1.807, 2.05) is 0 Å². The summed E-state index contributed by atoms with van der Waals surface area (Å²) in [6.07, 6.45) is -0.987. The average molecular weight is 323 g/mol. The van der Waals surface area contributed by atoms with E-state index in [1.165, 1.54) is 14.0 Å². The summed E-state index contributed by atoms with van der Waals surface area (Å²) in [4.78, 5) is 20.6. The Morgan fingerprint density at radius 1 is 1.50 bits per heavy atom. The number of non-ortho nitro benzene ring substituents is 1. The van der Waals surface area contributed by atoms with Crippen LogP contribution in [-0.4, -0.2) is 32.4 Å². The zero-order valence-electron chi connectivity index (χ0n) is 10.5. The number of nitrogens with one attached hydrogen (secondary N) is 1. The van der Waals surface area contributed by atoms with Crippen LogP contribution in [-0.2, 0) is 13.8 Å². The van der Waals surface area contributed by atoms with Crippen molar-refractivity contribution < 1.29 is 22.9 Å². The van der Waals surface area contributed by atoms with Gasteiger partial charge in [0.2, 0.25) is 0 Å². The lowest BCUT2D eigenvalue weighted by Gasteiger charge is -2.14. The molecule has 0 heterocycles. The maximum atomic E-state index is 11.4. The number of hydrogen-bond donors (Lipinski definition) is 1. The molecule has 0 aliphatic heterocycles. The summed E-state index contributed by atoms with van der Waals surface area (Å²) in [5.74, 6) is -0.719. The van der Waals surface area contributed by atoms with Gasteiger partial charge in [0.1, 0.15) is 10.6 Å². The van der Waals surface area contributed by atoms with Gasteiger partial charge < -0.3 is 10.1 Å². The first kappa shape index (κ1) is 16.2. The fraction of sp³-hybridized carbons (Fsp3) is 0.300. The number of hydrogen-bond acceptors (Lipinski definition) is 6. The van der Waals surface area contributed by atoms with Gasteiger partial charge in [0.05, 0.1) is 4.92 Å². The summed E-state index contributed by atoms with van der Waals surface area (Å²) in [7, 11) is 2.34. The second-order valence-electron chi connectivity index (χ2n) is 3.70. The minimum Gasteiger partial charge on any atom is -0.479 e. The van der Waals surface area contributed by atoms with Crippen molar-refractivity contribution in [1.29, 1.82) is 0 Å². The highest BCUT2D eigenvalue weighted by atomic mass is 35.7. The van der Waals surface area contributed by atoms with Crippen LogP contribution in [0.1, 0.15) is 6.92 Å². The van der Waals surface area contributed by atoms with Crippen molar-refractivity contribution >= 4 is 31.3 Å². The SMILES string of the molecule is CNC(=O)C(C)Oc1ccc([N+](=O)[O-])cc1S(=O)(=O)Cl. The van der Waals surface area contributed by atoms with E-state index in [4.69, 9.17) is 15.4 Å². The number of benzene rings is 1. The molecule has 1 aromatic rings. The molecule has 0 aliphatic rings. The van der Waals surface area contributed by atoms with Gasteiger partial charge in [0.15, 0.2) is 6.10 Å². The highest BCUT2D eigenvalue weighted by molar-refractivity contribution is 8.13. The number of nitrogens with zero attached hydrogens (tertiary/aromatic N) is 1. The first-order valence-corrected chi connectivity index (χ1v) is 7.59. The van der Waals surface area contributed by atoms with Gasteiger partial charge in [-0.25, -0.2) is 8.42 Å². The maximum absolute atomic E-state index is 11.4. The van der Waals surface area contributed by atoms with Gasteiger partial charge in [-0.1, -0.05) is 0 Å². The number of ether oxygens (including phenoxy) is 1. The summed E-state index contributed by atoms with van der Waals surface area (Å²) in [6.45, 7) is 1.39. The third-order valence-corrected chi connectivity index (χ3v) is 3.66. The Morgan fingerprint density at radius 2 is 2.10 bits per heavy atom. The molecule has 0 radical (unpaired) electrons. The van der Waals surface area contributed by atoms with Crippen LogP contribution >= 0.6 is 10.7 Å². The fourth-order valence-electron chi connectivity index (χ4n) is 1.35. The number of carbonyl (C=O) groups is 1. The summed E-state index contributed by atoms with van der Waals surface area (Å²) in [5, 5.41) is 12.9. The van der Waals surface area contributed by atoms with Gasteiger partial charge in [-0.3, -0.25) is 14.9 Å². The number of carbonyl (C=O) groups excluding carboxylic acids is 1. The van der Waals surface area contributed by atoms with Crippen molar-refractivity contribution in [1.82, 2.24) is 5.32 Å². The zero-order chi connectivity index (χ0) is 15.5. The van der Waals surface area contributed by atoms with Gasteiger partial charge in [-0.05, 0) is 13.0 Å². The number of likely N-dealkylation sites (N-methyl/N-ethyl adjacent to an activating group) is 1. The average Bonchev–Trinajstić information content (AvgIpc) is 2.36. The molecular weight excluding hydrogens is 312 g/mol. The third kappa shape index (κ3) is 3.81. The summed E-state index contributed by atoms with van der Waals surface area (Å²) in [6, 6.07) is 2.90. The van der Waals surface area contributed by atoms with Gasteiger partial charge in [0.25, 0.3) is 20.6 Å². The molecule has 0 spiro atoms. The maximum Gasteiger partial charge on any atom is 0.271 e. The van der Waals surface area contributed by atoms with Crippen LogP contribution in [0.15, 0.2) is 23.1 Å². The molecule has 0 aliphatic carbocycles. The van der Waals surface area contributed by atoms with E-state index >= 15 is 0 Å². The molecule has 20 heavy (non-hydrogen) atoms. The van der Waals surface area contributed by atoms with E-state index in [-0.39, 0.29) is 5.75 Å². The molecule has 1 amide bonds. The number of nitro groups is 1. The van der Waals surface area contributed by atoms with Crippen molar-refractivity contribution in [2.75, 3.05) is 7.05 Å². The molecule has 10 heteroatoms. The number of rotatable bonds is 5. The van der Waals surface area contributed by atoms with Gasteiger partial charge in [-0.15, -0.1) is 0 Å². The van der Waals surface area contributed by atoms with Crippen LogP contribution in [0, 0.1) is 10.1 Å². The van der Waals surface area contributed by atoms with Crippen molar-refractivity contribution in [3.05, 3.63) is 28.3 Å². The molecule has 1 aromatic carbocycles. The molecule has 1 rings (SSSR count). The molecule has 0 saturated heterocycles. The largest absolute Gasteiger partial charge is 0.479 e. The van der Waals surface area contributed by atoms with E-state index in [1.54, 1.807) is 0 Å². The molecule has 1 unspecified atom stereocenters. The lowest BCUT2D eigenvalue weighted by Crippen LogP contribution is -2.34. The van der Waals surface area contributed by atoms with Gasteiger partial charge in [-0.2, -0.15) is 0 Å². The van der Waals surface area contributed by atoms with Crippen molar-refractivity contribution in [3.8, 4) is 5.75 Å². The predicted molar refractivity (Wildman–Crippen MR) is 70.3 cm³/mol. The third-order valence-electron chi connectivity index (χ3n) is 2.32. The van der Waals surface area contributed by atoms with Crippen molar-refractivity contribution in [2.45, 2.75) is 17.9 Å². The number of nitro benzene ring substituents is 1. The Kier molecular flexibility index (Phi) is 4.90. The zero-order valence-corrected chi connectivity index (χ0v) is 12.1.